The molecule has 1 saturated carbocycles. The first-order valence-corrected chi connectivity index (χ1v) is 23.1. The van der Waals surface area contributed by atoms with Crippen molar-refractivity contribution in [3.05, 3.63) is 0 Å². The normalized spacial score (nSPS) is 24.6. The Morgan fingerprint density at radius 2 is 0.926 bits per heavy atom. The van der Waals surface area contributed by atoms with Crippen molar-refractivity contribution in [2.45, 2.75) is 242 Å². The Bertz CT molecular complexity index is 948. The monoisotopic (exact) mass is 798 g/mol. The summed E-state index contributed by atoms with van der Waals surface area (Å²) < 4.78 is 22.8. The molecule has 1 aliphatic rings. The van der Waals surface area contributed by atoms with Crippen LogP contribution in [-0.2, 0) is 18.4 Å². The van der Waals surface area contributed by atoms with E-state index in [1.54, 1.807) is 0 Å². The number of aliphatic hydroxyl groups is 7. The first-order valence-electron chi connectivity index (χ1n) is 21.6. The number of unbranched alkanes of at least 4 members (excludes halogenated alkanes) is 23. The van der Waals surface area contributed by atoms with Crippen LogP contribution in [0.25, 0.3) is 0 Å². The van der Waals surface area contributed by atoms with Crippen LogP contribution in [0.1, 0.15) is 187 Å². The second kappa shape index (κ2) is 31.3. The molecule has 6 unspecified atom stereocenters. The maximum absolute atomic E-state index is 12.9. The molecule has 1 rings (SSSR count). The summed E-state index contributed by atoms with van der Waals surface area (Å²) >= 11 is 0. The summed E-state index contributed by atoms with van der Waals surface area (Å²) in [5.74, 6) is -0.421. The number of phosphoric acid groups is 1. The molecule has 0 aliphatic heterocycles. The van der Waals surface area contributed by atoms with Gasteiger partial charge in [-0.3, -0.25) is 13.8 Å². The van der Waals surface area contributed by atoms with E-state index in [1.165, 1.54) is 109 Å². The molecule has 1 fully saturated rings. The van der Waals surface area contributed by atoms with Gasteiger partial charge in [-0.05, 0) is 12.8 Å². The first-order chi connectivity index (χ1) is 25.9. The van der Waals surface area contributed by atoms with E-state index in [-0.39, 0.29) is 12.8 Å². The predicted molar refractivity (Wildman–Crippen MR) is 211 cm³/mol. The van der Waals surface area contributed by atoms with Gasteiger partial charge in [0.15, 0.2) is 0 Å². The van der Waals surface area contributed by atoms with E-state index in [2.05, 4.69) is 19.2 Å². The average Bonchev–Trinajstić information content (AvgIpc) is 3.15. The molecule has 54 heavy (non-hydrogen) atoms. The number of hydrogen-bond acceptors (Lipinski definition) is 11. The van der Waals surface area contributed by atoms with Gasteiger partial charge in [-0.2, -0.15) is 0 Å². The molecular formula is C40H80NO12P. The van der Waals surface area contributed by atoms with Gasteiger partial charge >= 0.3 is 7.82 Å². The fraction of sp³-hybridized carbons (Fsp3) is 0.975. The standard InChI is InChI=1S/C40H80NO12P/c1-3-5-7-9-11-13-15-17-19-21-23-25-27-29-33(43)41-31(30-52-54(50,51)53-40-38(48)36(46)35(45)37(47)39(40)49)34(44)32(42)28-26-24-22-20-18-16-14-12-10-8-6-4-2/h31-32,34-40,42,44-49H,3-30H2,1-2H3,(H,41,43)(H,50,51)/t31-,32+,34-,35?,36+,37?,38?,39?,40?/m0/s1. The number of phosphoric ester groups is 1. The Labute approximate surface area is 326 Å². The first kappa shape index (κ1) is 51.3. The van der Waals surface area contributed by atoms with Gasteiger partial charge in [-0.1, -0.05) is 168 Å². The molecule has 0 aromatic carbocycles. The lowest BCUT2D eigenvalue weighted by Crippen LogP contribution is -2.64. The van der Waals surface area contributed by atoms with Gasteiger partial charge in [0.05, 0.1) is 18.8 Å². The van der Waals surface area contributed by atoms with Crippen LogP contribution < -0.4 is 5.32 Å². The second-order valence-corrected chi connectivity index (χ2v) is 17.1. The maximum atomic E-state index is 12.9. The largest absolute Gasteiger partial charge is 0.472 e. The topological polar surface area (TPSA) is 226 Å². The van der Waals surface area contributed by atoms with E-state index < -0.39 is 75.2 Å². The Morgan fingerprint density at radius 1 is 0.574 bits per heavy atom. The summed E-state index contributed by atoms with van der Waals surface area (Å²) in [6, 6.07) is -1.30. The SMILES string of the molecule is CCCCCCCCCCCCCCCC(=O)N[C@@H](COP(=O)(O)OC1C(O)C(O)C(O)[C@@H](O)C1O)[C@H](O)[C@H](O)CCCCCCCCCCCCCC. The molecule has 13 nitrogen and oxygen atoms in total. The second-order valence-electron chi connectivity index (χ2n) is 15.7. The summed E-state index contributed by atoms with van der Waals surface area (Å²) in [7, 11) is -5.14. The van der Waals surface area contributed by atoms with Crippen LogP contribution in [0.4, 0.5) is 0 Å². The third-order valence-electron chi connectivity index (χ3n) is 10.8. The zero-order valence-electron chi connectivity index (χ0n) is 33.7. The van der Waals surface area contributed by atoms with E-state index in [0.717, 1.165) is 38.5 Å². The lowest BCUT2D eigenvalue weighted by atomic mass is 9.85. The van der Waals surface area contributed by atoms with E-state index in [1.807, 2.05) is 0 Å². The van der Waals surface area contributed by atoms with E-state index in [0.29, 0.717) is 12.8 Å². The number of hydrogen-bond donors (Lipinski definition) is 9. The van der Waals surface area contributed by atoms with Gasteiger partial charge in [0, 0.05) is 6.42 Å². The smallest absolute Gasteiger partial charge is 0.390 e. The Morgan fingerprint density at radius 3 is 1.33 bits per heavy atom. The molecule has 0 heterocycles. The van der Waals surface area contributed by atoms with Crippen LogP contribution in [0.15, 0.2) is 0 Å². The van der Waals surface area contributed by atoms with Crippen molar-refractivity contribution in [3.63, 3.8) is 0 Å². The number of rotatable bonds is 35. The van der Waals surface area contributed by atoms with E-state index >= 15 is 0 Å². The Balaban J connectivity index is 2.59. The van der Waals surface area contributed by atoms with Crippen molar-refractivity contribution >= 4 is 13.7 Å². The van der Waals surface area contributed by atoms with Crippen molar-refractivity contribution in [1.82, 2.24) is 5.32 Å². The van der Waals surface area contributed by atoms with Gasteiger partial charge in [0.2, 0.25) is 5.91 Å². The Kier molecular flexibility index (Phi) is 29.8. The predicted octanol–water partition coefficient (Wildman–Crippen LogP) is 6.09. The van der Waals surface area contributed by atoms with Crippen LogP contribution in [0.2, 0.25) is 0 Å². The van der Waals surface area contributed by atoms with Gasteiger partial charge in [0.25, 0.3) is 0 Å². The highest BCUT2D eigenvalue weighted by Crippen LogP contribution is 2.47. The minimum absolute atomic E-state index is 0.154. The van der Waals surface area contributed by atoms with Crippen LogP contribution in [0, 0.1) is 0 Å². The van der Waals surface area contributed by atoms with Crippen LogP contribution in [0.3, 0.4) is 0 Å². The summed E-state index contributed by atoms with van der Waals surface area (Å²) in [6.45, 7) is 3.68. The molecule has 9 N–H and O–H groups in total. The molecule has 0 spiro atoms. The molecule has 0 radical (unpaired) electrons. The Hall–Kier alpha value is -0.700. The van der Waals surface area contributed by atoms with Gasteiger partial charge in [0.1, 0.15) is 42.7 Å². The summed E-state index contributed by atoms with van der Waals surface area (Å²) in [5, 5.41) is 74.7. The molecule has 1 aliphatic carbocycles. The quantitative estimate of drug-likeness (QED) is 0.0263. The minimum atomic E-state index is -5.14. The maximum Gasteiger partial charge on any atom is 0.472 e. The van der Waals surface area contributed by atoms with Crippen molar-refractivity contribution in [2.24, 2.45) is 0 Å². The molecule has 0 aromatic heterocycles. The third kappa shape index (κ3) is 22.9. The van der Waals surface area contributed by atoms with Crippen molar-refractivity contribution in [2.75, 3.05) is 6.61 Å². The number of carbonyl (C=O) groups is 1. The molecule has 10 atom stereocenters. The molecule has 14 heteroatoms. The summed E-state index contributed by atoms with van der Waals surface area (Å²) in [4.78, 5) is 23.3. The lowest BCUT2D eigenvalue weighted by Gasteiger charge is -2.41. The zero-order valence-corrected chi connectivity index (χ0v) is 34.5. The van der Waals surface area contributed by atoms with Gasteiger partial charge in [-0.25, -0.2) is 4.57 Å². The van der Waals surface area contributed by atoms with E-state index in [9.17, 15) is 50.0 Å². The average molecular weight is 798 g/mol. The molecular weight excluding hydrogens is 717 g/mol. The van der Waals surface area contributed by atoms with Crippen molar-refractivity contribution in [3.8, 4) is 0 Å². The fourth-order valence-electron chi connectivity index (χ4n) is 7.12. The number of nitrogens with one attached hydrogen (secondary N) is 1. The van der Waals surface area contributed by atoms with Gasteiger partial charge < -0.3 is 46.0 Å². The molecule has 322 valence electrons. The van der Waals surface area contributed by atoms with E-state index in [4.69, 9.17) is 9.05 Å². The fourth-order valence-corrected chi connectivity index (χ4v) is 8.09. The molecule has 0 aromatic rings. The zero-order chi connectivity index (χ0) is 40.2. The highest BCUT2D eigenvalue weighted by Gasteiger charge is 2.51. The van der Waals surface area contributed by atoms with Gasteiger partial charge in [-0.15, -0.1) is 0 Å². The molecule has 0 saturated heterocycles. The van der Waals surface area contributed by atoms with Crippen LogP contribution in [-0.4, -0.2) is 108 Å². The highest BCUT2D eigenvalue weighted by atomic mass is 31.2. The lowest BCUT2D eigenvalue weighted by molar-refractivity contribution is -0.220. The number of carbonyl (C=O) groups excluding carboxylic acids is 1. The van der Waals surface area contributed by atoms with Crippen molar-refractivity contribution in [1.29, 1.82) is 0 Å². The molecule has 0 bridgehead atoms. The van der Waals surface area contributed by atoms with Crippen LogP contribution >= 0.6 is 7.82 Å². The third-order valence-corrected chi connectivity index (χ3v) is 11.7. The molecule has 1 amide bonds. The minimum Gasteiger partial charge on any atom is -0.390 e. The number of aliphatic hydroxyl groups excluding tert-OH is 7. The van der Waals surface area contributed by atoms with Crippen molar-refractivity contribution < 1.29 is 59.0 Å². The highest BCUT2D eigenvalue weighted by molar-refractivity contribution is 7.47. The van der Waals surface area contributed by atoms with Crippen LogP contribution in [0.5, 0.6) is 0 Å². The number of amides is 1. The summed E-state index contributed by atoms with van der Waals surface area (Å²) in [5.41, 5.74) is 0. The summed E-state index contributed by atoms with van der Waals surface area (Å²) in [6.07, 6.45) is 14.3.